The van der Waals surface area contributed by atoms with Gasteiger partial charge in [-0.25, -0.2) is 0 Å². The molecule has 2 amide bonds. The van der Waals surface area contributed by atoms with E-state index in [1.54, 1.807) is 24.3 Å². The van der Waals surface area contributed by atoms with Gasteiger partial charge < -0.3 is 15.0 Å². The lowest BCUT2D eigenvalue weighted by Gasteiger charge is -2.16. The highest BCUT2D eigenvalue weighted by molar-refractivity contribution is 6.30. The van der Waals surface area contributed by atoms with Crippen LogP contribution in [0.4, 0.5) is 17.1 Å². The van der Waals surface area contributed by atoms with Crippen molar-refractivity contribution in [1.29, 1.82) is 0 Å². The number of halogens is 1. The molecule has 0 radical (unpaired) electrons. The molecule has 9 heteroatoms. The van der Waals surface area contributed by atoms with Crippen LogP contribution >= 0.6 is 11.6 Å². The first kappa shape index (κ1) is 18.7. The molecule has 3 rings (SSSR count). The van der Waals surface area contributed by atoms with Crippen LogP contribution in [-0.2, 0) is 9.59 Å². The maximum Gasteiger partial charge on any atom is 0.312 e. The fourth-order valence-electron chi connectivity index (χ4n) is 2.91. The average Bonchev–Trinajstić information content (AvgIpc) is 3.04. The van der Waals surface area contributed by atoms with E-state index in [1.165, 1.54) is 30.2 Å². The van der Waals surface area contributed by atoms with Gasteiger partial charge in [-0.2, -0.15) is 0 Å². The average molecular weight is 390 g/mol. The number of hydrogen-bond acceptors (Lipinski definition) is 5. The molecule has 1 unspecified atom stereocenters. The molecule has 1 heterocycles. The molecule has 2 aromatic rings. The van der Waals surface area contributed by atoms with E-state index in [2.05, 4.69) is 5.32 Å². The van der Waals surface area contributed by atoms with Crippen molar-refractivity contribution in [3.8, 4) is 5.75 Å². The Bertz CT molecular complexity index is 900. The lowest BCUT2D eigenvalue weighted by atomic mass is 10.1. The molecule has 8 nitrogen and oxygen atoms in total. The van der Waals surface area contributed by atoms with E-state index in [1.807, 2.05) is 0 Å². The van der Waals surface area contributed by atoms with Crippen molar-refractivity contribution in [2.45, 2.75) is 6.42 Å². The Morgan fingerprint density at radius 1 is 1.30 bits per heavy atom. The Balaban J connectivity index is 1.72. The summed E-state index contributed by atoms with van der Waals surface area (Å²) >= 11 is 5.86. The summed E-state index contributed by atoms with van der Waals surface area (Å²) < 4.78 is 4.94. The number of nitrogens with one attached hydrogen (secondary N) is 1. The number of benzene rings is 2. The number of amides is 2. The maximum absolute atomic E-state index is 12.5. The molecule has 1 saturated heterocycles. The Kier molecular flexibility index (Phi) is 5.27. The van der Waals surface area contributed by atoms with E-state index in [-0.39, 0.29) is 41.9 Å². The van der Waals surface area contributed by atoms with Crippen molar-refractivity contribution < 1.29 is 19.2 Å². The van der Waals surface area contributed by atoms with Crippen molar-refractivity contribution in [3.05, 3.63) is 57.6 Å². The molecule has 0 aliphatic carbocycles. The van der Waals surface area contributed by atoms with Gasteiger partial charge in [-0.05, 0) is 36.4 Å². The standard InChI is InChI=1S/C18H16ClN3O5/c1-27-16-7-4-13(9-15(16)22(25)26)20-18(24)11-8-17(23)21(10-11)14-5-2-12(19)3-6-14/h2-7,9,11H,8,10H2,1H3,(H,20,24). The zero-order valence-electron chi connectivity index (χ0n) is 14.3. The molecule has 27 heavy (non-hydrogen) atoms. The van der Waals surface area contributed by atoms with Gasteiger partial charge in [-0.3, -0.25) is 19.7 Å². The second kappa shape index (κ2) is 7.63. The summed E-state index contributed by atoms with van der Waals surface area (Å²) in [6.45, 7) is 0.227. The molecule has 1 fully saturated rings. The summed E-state index contributed by atoms with van der Waals surface area (Å²) in [5.41, 5.74) is 0.685. The van der Waals surface area contributed by atoms with Crippen LogP contribution < -0.4 is 15.0 Å². The topological polar surface area (TPSA) is 102 Å². The number of methoxy groups -OCH3 is 1. The molecule has 2 aromatic carbocycles. The van der Waals surface area contributed by atoms with Gasteiger partial charge in [0.05, 0.1) is 18.0 Å². The maximum atomic E-state index is 12.5. The van der Waals surface area contributed by atoms with Gasteiger partial charge >= 0.3 is 5.69 Å². The summed E-state index contributed by atoms with van der Waals surface area (Å²) in [6, 6.07) is 10.9. The molecule has 0 bridgehead atoms. The number of hydrogen-bond donors (Lipinski definition) is 1. The van der Waals surface area contributed by atoms with Crippen LogP contribution in [0.15, 0.2) is 42.5 Å². The lowest BCUT2D eigenvalue weighted by molar-refractivity contribution is -0.385. The SMILES string of the molecule is COc1ccc(NC(=O)C2CC(=O)N(c3ccc(Cl)cc3)C2)cc1[N+](=O)[O-]. The first-order chi connectivity index (χ1) is 12.9. The molecule has 0 spiro atoms. The Morgan fingerprint density at radius 3 is 2.63 bits per heavy atom. The number of carbonyl (C=O) groups excluding carboxylic acids is 2. The lowest BCUT2D eigenvalue weighted by Crippen LogP contribution is -2.28. The van der Waals surface area contributed by atoms with Crippen molar-refractivity contribution in [1.82, 2.24) is 0 Å². The van der Waals surface area contributed by atoms with E-state index in [9.17, 15) is 19.7 Å². The van der Waals surface area contributed by atoms with Crippen molar-refractivity contribution in [3.63, 3.8) is 0 Å². The fraction of sp³-hybridized carbons (Fsp3) is 0.222. The minimum absolute atomic E-state index is 0.0622. The minimum Gasteiger partial charge on any atom is -0.490 e. The zero-order chi connectivity index (χ0) is 19.6. The fourth-order valence-corrected chi connectivity index (χ4v) is 3.03. The van der Waals surface area contributed by atoms with Crippen LogP contribution in [0.25, 0.3) is 0 Å². The molecule has 1 aliphatic rings. The normalized spacial score (nSPS) is 16.3. The molecule has 1 N–H and O–H groups in total. The highest BCUT2D eigenvalue weighted by Crippen LogP contribution is 2.31. The molecule has 1 atom stereocenters. The van der Waals surface area contributed by atoms with Crippen LogP contribution in [-0.4, -0.2) is 30.4 Å². The number of carbonyl (C=O) groups is 2. The second-order valence-electron chi connectivity index (χ2n) is 6.01. The molecular weight excluding hydrogens is 374 g/mol. The quantitative estimate of drug-likeness (QED) is 0.624. The van der Waals surface area contributed by atoms with Crippen LogP contribution in [0.2, 0.25) is 5.02 Å². The Morgan fingerprint density at radius 2 is 2.00 bits per heavy atom. The summed E-state index contributed by atoms with van der Waals surface area (Å²) in [4.78, 5) is 36.8. The van der Waals surface area contributed by atoms with Gasteiger partial charge in [-0.1, -0.05) is 11.6 Å². The number of ether oxygens (including phenoxy) is 1. The smallest absolute Gasteiger partial charge is 0.312 e. The van der Waals surface area contributed by atoms with E-state index in [4.69, 9.17) is 16.3 Å². The van der Waals surface area contributed by atoms with Gasteiger partial charge in [0.15, 0.2) is 5.75 Å². The summed E-state index contributed by atoms with van der Waals surface area (Å²) in [5.74, 6) is -1.00. The highest BCUT2D eigenvalue weighted by Gasteiger charge is 2.35. The number of anilines is 2. The molecular formula is C18H16ClN3O5. The van der Waals surface area contributed by atoms with Crippen molar-refractivity contribution in [2.75, 3.05) is 23.9 Å². The van der Waals surface area contributed by atoms with E-state index in [0.717, 1.165) is 0 Å². The predicted octanol–water partition coefficient (Wildman–Crippen LogP) is 3.25. The first-order valence-corrected chi connectivity index (χ1v) is 8.46. The monoisotopic (exact) mass is 389 g/mol. The third kappa shape index (κ3) is 4.01. The van der Waals surface area contributed by atoms with Gasteiger partial charge in [0.25, 0.3) is 0 Å². The van der Waals surface area contributed by atoms with Crippen LogP contribution in [0.5, 0.6) is 5.75 Å². The van der Waals surface area contributed by atoms with Crippen molar-refractivity contribution >= 4 is 40.5 Å². The molecule has 140 valence electrons. The number of nitrogens with zero attached hydrogens (tertiary/aromatic N) is 2. The third-order valence-corrected chi connectivity index (χ3v) is 4.53. The van der Waals surface area contributed by atoms with Gasteiger partial charge in [0.1, 0.15) is 0 Å². The third-order valence-electron chi connectivity index (χ3n) is 4.28. The second-order valence-corrected chi connectivity index (χ2v) is 6.45. The number of nitro benzene ring substituents is 1. The van der Waals surface area contributed by atoms with Gasteiger partial charge in [0, 0.05) is 35.4 Å². The number of rotatable bonds is 5. The largest absolute Gasteiger partial charge is 0.490 e. The first-order valence-electron chi connectivity index (χ1n) is 8.08. The summed E-state index contributed by atoms with van der Waals surface area (Å²) in [7, 11) is 1.33. The van der Waals surface area contributed by atoms with Crippen LogP contribution in [0.3, 0.4) is 0 Å². The summed E-state index contributed by atoms with van der Waals surface area (Å²) in [6.07, 6.45) is 0.0622. The molecule has 0 saturated carbocycles. The predicted molar refractivity (Wildman–Crippen MR) is 100 cm³/mol. The minimum atomic E-state index is -0.587. The molecule has 1 aliphatic heterocycles. The Labute approximate surface area is 159 Å². The summed E-state index contributed by atoms with van der Waals surface area (Å²) in [5, 5.41) is 14.3. The van der Waals surface area contributed by atoms with Crippen LogP contribution in [0.1, 0.15) is 6.42 Å². The van der Waals surface area contributed by atoms with Crippen LogP contribution in [0, 0.1) is 16.0 Å². The van der Waals surface area contributed by atoms with Gasteiger partial charge in [-0.15, -0.1) is 0 Å². The van der Waals surface area contributed by atoms with E-state index >= 15 is 0 Å². The Hall–Kier alpha value is -3.13. The molecule has 0 aromatic heterocycles. The van der Waals surface area contributed by atoms with Crippen molar-refractivity contribution in [2.24, 2.45) is 5.92 Å². The zero-order valence-corrected chi connectivity index (χ0v) is 15.1. The number of nitro groups is 1. The van der Waals surface area contributed by atoms with E-state index < -0.39 is 10.8 Å². The van der Waals surface area contributed by atoms with E-state index in [0.29, 0.717) is 10.7 Å². The van der Waals surface area contributed by atoms with Gasteiger partial charge in [0.2, 0.25) is 11.8 Å². The highest BCUT2D eigenvalue weighted by atomic mass is 35.5.